The van der Waals surface area contributed by atoms with Crippen LogP contribution in [0.5, 0.6) is 0 Å². The fraction of sp³-hybridized carbons (Fsp3) is 0.630. The van der Waals surface area contributed by atoms with Crippen molar-refractivity contribution in [3.8, 4) is 0 Å². The lowest BCUT2D eigenvalue weighted by Crippen LogP contribution is -2.60. The van der Waals surface area contributed by atoms with E-state index in [2.05, 4.69) is 27.7 Å². The summed E-state index contributed by atoms with van der Waals surface area (Å²) in [6.07, 6.45) is 9.04. The van der Waals surface area contributed by atoms with Gasteiger partial charge in [0, 0.05) is 10.8 Å². The van der Waals surface area contributed by atoms with Crippen molar-refractivity contribution in [2.75, 3.05) is 0 Å². The van der Waals surface area contributed by atoms with Gasteiger partial charge in [-0.1, -0.05) is 52.3 Å². The lowest BCUT2D eigenvalue weighted by Gasteiger charge is -2.65. The summed E-state index contributed by atoms with van der Waals surface area (Å²) < 4.78 is 6.20. The maximum Gasteiger partial charge on any atom is 0.338 e. The van der Waals surface area contributed by atoms with Crippen LogP contribution in [0.15, 0.2) is 42.0 Å². The van der Waals surface area contributed by atoms with Crippen LogP contribution in [-0.4, -0.2) is 17.9 Å². The summed E-state index contributed by atoms with van der Waals surface area (Å²) >= 11 is 0. The monoisotopic (exact) mass is 406 g/mol. The van der Waals surface area contributed by atoms with Gasteiger partial charge >= 0.3 is 5.97 Å². The molecular weight excluding hydrogens is 372 g/mol. The van der Waals surface area contributed by atoms with Crippen LogP contribution < -0.4 is 0 Å². The second-order valence-electron chi connectivity index (χ2n) is 11.6. The number of fused-ring (bicyclic) bond motifs is 2. The molecule has 0 radical (unpaired) electrons. The smallest absolute Gasteiger partial charge is 0.338 e. The van der Waals surface area contributed by atoms with E-state index in [9.17, 15) is 9.59 Å². The fourth-order valence-corrected chi connectivity index (χ4v) is 7.96. The Bertz CT molecular complexity index is 929. The lowest BCUT2D eigenvalue weighted by atomic mass is 9.40. The predicted molar refractivity (Wildman–Crippen MR) is 117 cm³/mol. The van der Waals surface area contributed by atoms with Crippen LogP contribution in [0.1, 0.15) is 83.0 Å². The number of esters is 1. The SMILES string of the molecule is CC1(C)CCC[C@@]2(C)[C@H]1C[C@@H](OC(=O)c1ccccc1)C1=CC(=O)[C@@]3(C)CC[C@]12C3. The Morgan fingerprint density at radius 3 is 2.47 bits per heavy atom. The van der Waals surface area contributed by atoms with E-state index < -0.39 is 0 Å². The number of carbonyl (C=O) groups excluding carboxylic acids is 2. The highest BCUT2D eigenvalue weighted by Crippen LogP contribution is 2.74. The molecule has 4 aliphatic carbocycles. The zero-order valence-electron chi connectivity index (χ0n) is 18.8. The molecule has 1 aromatic carbocycles. The van der Waals surface area contributed by atoms with Gasteiger partial charge in [-0.25, -0.2) is 4.79 Å². The van der Waals surface area contributed by atoms with Gasteiger partial charge in [-0.2, -0.15) is 0 Å². The first-order chi connectivity index (χ1) is 14.1. The van der Waals surface area contributed by atoms with Crippen LogP contribution in [0.25, 0.3) is 0 Å². The van der Waals surface area contributed by atoms with Crippen molar-refractivity contribution in [2.45, 2.75) is 78.7 Å². The van der Waals surface area contributed by atoms with Gasteiger partial charge in [-0.15, -0.1) is 0 Å². The third kappa shape index (κ3) is 2.56. The summed E-state index contributed by atoms with van der Waals surface area (Å²) in [5.74, 6) is 0.455. The van der Waals surface area contributed by atoms with E-state index >= 15 is 0 Å². The van der Waals surface area contributed by atoms with Gasteiger partial charge in [-0.3, -0.25) is 4.79 Å². The predicted octanol–water partition coefficient (Wildman–Crippen LogP) is 6.13. The van der Waals surface area contributed by atoms with Crippen LogP contribution in [0, 0.1) is 27.6 Å². The molecule has 3 saturated carbocycles. The molecule has 0 saturated heterocycles. The number of ether oxygens (including phenoxy) is 1. The van der Waals surface area contributed by atoms with Crippen molar-refractivity contribution < 1.29 is 14.3 Å². The largest absolute Gasteiger partial charge is 0.454 e. The Labute approximate surface area is 180 Å². The zero-order chi connectivity index (χ0) is 21.4. The van der Waals surface area contributed by atoms with E-state index in [0.29, 0.717) is 11.5 Å². The standard InChI is InChI=1S/C27H34O3/c1-24(2)11-8-12-26(4)21(24)16-20(30-23(29)18-9-6-5-7-10-18)19-15-22(28)25(3)13-14-27(19,26)17-25/h5-7,9-10,15,20-21H,8,11-14,16-17H2,1-4H3/t20-,21+,25+,26+,27+/m1/s1. The summed E-state index contributed by atoms with van der Waals surface area (Å²) in [5.41, 5.74) is 1.83. The molecule has 1 spiro atoms. The molecule has 160 valence electrons. The zero-order valence-corrected chi connectivity index (χ0v) is 18.8. The van der Waals surface area contributed by atoms with E-state index in [1.165, 1.54) is 19.3 Å². The highest BCUT2D eigenvalue weighted by atomic mass is 16.5. The minimum Gasteiger partial charge on any atom is -0.454 e. The van der Waals surface area contributed by atoms with Crippen molar-refractivity contribution in [3.05, 3.63) is 47.5 Å². The number of rotatable bonds is 2. The molecule has 2 bridgehead atoms. The van der Waals surface area contributed by atoms with E-state index in [1.54, 1.807) is 0 Å². The second kappa shape index (κ2) is 6.31. The van der Waals surface area contributed by atoms with Crippen LogP contribution in [-0.2, 0) is 9.53 Å². The van der Waals surface area contributed by atoms with E-state index in [1.807, 2.05) is 36.4 Å². The number of hydrogen-bond donors (Lipinski definition) is 0. The number of hydrogen-bond acceptors (Lipinski definition) is 3. The Hall–Kier alpha value is -1.90. The fourth-order valence-electron chi connectivity index (χ4n) is 7.96. The second-order valence-corrected chi connectivity index (χ2v) is 11.6. The Morgan fingerprint density at radius 2 is 1.73 bits per heavy atom. The molecule has 0 heterocycles. The van der Waals surface area contributed by atoms with Gasteiger partial charge in [0.25, 0.3) is 0 Å². The van der Waals surface area contributed by atoms with Crippen molar-refractivity contribution >= 4 is 11.8 Å². The van der Waals surface area contributed by atoms with Gasteiger partial charge in [0.05, 0.1) is 5.56 Å². The molecule has 5 atom stereocenters. The molecule has 0 aliphatic heterocycles. The van der Waals surface area contributed by atoms with Crippen molar-refractivity contribution in [1.82, 2.24) is 0 Å². The quantitative estimate of drug-likeness (QED) is 0.555. The Kier molecular flexibility index (Phi) is 4.21. The number of allylic oxidation sites excluding steroid dienone is 1. The average molecular weight is 407 g/mol. The molecule has 4 aliphatic rings. The molecule has 0 aromatic heterocycles. The molecule has 1 aromatic rings. The molecular formula is C27H34O3. The molecule has 0 amide bonds. The molecule has 0 unspecified atom stereocenters. The molecule has 5 rings (SSSR count). The molecule has 3 heteroatoms. The van der Waals surface area contributed by atoms with Crippen molar-refractivity contribution in [1.29, 1.82) is 0 Å². The highest BCUT2D eigenvalue weighted by molar-refractivity contribution is 5.97. The molecule has 3 fully saturated rings. The van der Waals surface area contributed by atoms with Crippen LogP contribution in [0.2, 0.25) is 0 Å². The van der Waals surface area contributed by atoms with Crippen molar-refractivity contribution in [2.24, 2.45) is 27.6 Å². The number of benzene rings is 1. The third-order valence-electron chi connectivity index (χ3n) is 9.61. The van der Waals surface area contributed by atoms with Crippen LogP contribution >= 0.6 is 0 Å². The summed E-state index contributed by atoms with van der Waals surface area (Å²) in [7, 11) is 0. The summed E-state index contributed by atoms with van der Waals surface area (Å²) in [6, 6.07) is 9.26. The van der Waals surface area contributed by atoms with Gasteiger partial charge in [0.2, 0.25) is 0 Å². The lowest BCUT2D eigenvalue weighted by molar-refractivity contribution is -0.141. The first kappa shape index (κ1) is 20.0. The summed E-state index contributed by atoms with van der Waals surface area (Å²) in [6.45, 7) is 9.45. The maximum absolute atomic E-state index is 13.1. The minimum atomic E-state index is -0.292. The van der Waals surface area contributed by atoms with Crippen LogP contribution in [0.3, 0.4) is 0 Å². The molecule has 30 heavy (non-hydrogen) atoms. The number of carbonyl (C=O) groups is 2. The highest BCUT2D eigenvalue weighted by Gasteiger charge is 2.69. The minimum absolute atomic E-state index is 0.0160. The van der Waals surface area contributed by atoms with E-state index in [0.717, 1.165) is 31.3 Å². The Balaban J connectivity index is 1.60. The Morgan fingerprint density at radius 1 is 1.00 bits per heavy atom. The van der Waals surface area contributed by atoms with Gasteiger partial charge < -0.3 is 4.74 Å². The topological polar surface area (TPSA) is 43.4 Å². The van der Waals surface area contributed by atoms with Gasteiger partial charge in [0.15, 0.2) is 5.78 Å². The normalized spacial score (nSPS) is 41.5. The van der Waals surface area contributed by atoms with Gasteiger partial charge in [0.1, 0.15) is 6.10 Å². The van der Waals surface area contributed by atoms with Crippen LogP contribution in [0.4, 0.5) is 0 Å². The number of ketones is 1. The third-order valence-corrected chi connectivity index (χ3v) is 9.61. The average Bonchev–Trinajstić information content (AvgIpc) is 3.02. The van der Waals surface area contributed by atoms with E-state index in [-0.39, 0.29) is 39.5 Å². The maximum atomic E-state index is 13.1. The first-order valence-electron chi connectivity index (χ1n) is 11.6. The summed E-state index contributed by atoms with van der Waals surface area (Å²) in [5, 5.41) is 0. The summed E-state index contributed by atoms with van der Waals surface area (Å²) in [4.78, 5) is 26.1. The van der Waals surface area contributed by atoms with E-state index in [4.69, 9.17) is 4.74 Å². The van der Waals surface area contributed by atoms with Gasteiger partial charge in [-0.05, 0) is 79.1 Å². The van der Waals surface area contributed by atoms with Crippen molar-refractivity contribution in [3.63, 3.8) is 0 Å². The first-order valence-corrected chi connectivity index (χ1v) is 11.6. The molecule has 0 N–H and O–H groups in total. The molecule has 3 nitrogen and oxygen atoms in total.